The molecule has 25 heavy (non-hydrogen) atoms. The maximum absolute atomic E-state index is 12.4. The third-order valence-corrected chi connectivity index (χ3v) is 3.43. The molecular formula is C16H12N8O. The van der Waals surface area contributed by atoms with E-state index in [0.717, 1.165) is 11.4 Å². The fraction of sp³-hybridized carbons (Fsp3) is 0. The van der Waals surface area contributed by atoms with Gasteiger partial charge in [0.2, 0.25) is 0 Å². The number of para-hydroxylation sites is 1. The first-order valence-corrected chi connectivity index (χ1v) is 7.42. The van der Waals surface area contributed by atoms with Crippen molar-refractivity contribution in [2.45, 2.75) is 0 Å². The summed E-state index contributed by atoms with van der Waals surface area (Å²) >= 11 is 0. The molecule has 122 valence electrons. The monoisotopic (exact) mass is 332 g/mol. The molecule has 0 aliphatic heterocycles. The van der Waals surface area contributed by atoms with Crippen LogP contribution < -0.4 is 5.32 Å². The second-order valence-electron chi connectivity index (χ2n) is 5.11. The number of hydrogen-bond donors (Lipinski definition) is 1. The Labute approximate surface area is 141 Å². The molecule has 0 saturated heterocycles. The quantitative estimate of drug-likeness (QED) is 0.607. The molecule has 4 aromatic rings. The minimum Gasteiger partial charge on any atom is -0.320 e. The van der Waals surface area contributed by atoms with E-state index in [1.165, 1.54) is 22.0 Å². The van der Waals surface area contributed by atoms with E-state index in [2.05, 4.69) is 31.0 Å². The molecule has 0 aliphatic rings. The molecule has 2 heterocycles. The highest BCUT2D eigenvalue weighted by atomic mass is 16.2. The first kappa shape index (κ1) is 14.7. The lowest BCUT2D eigenvalue weighted by atomic mass is 10.2. The van der Waals surface area contributed by atoms with Crippen LogP contribution in [0.3, 0.4) is 0 Å². The molecule has 9 heteroatoms. The minimum atomic E-state index is -0.351. The number of carbonyl (C=O) groups is 1. The number of amides is 1. The number of anilines is 1. The summed E-state index contributed by atoms with van der Waals surface area (Å²) in [6, 6.07) is 16.5. The topological polar surface area (TPSA) is 103 Å². The average molecular weight is 332 g/mol. The van der Waals surface area contributed by atoms with E-state index < -0.39 is 0 Å². The Morgan fingerprint density at radius 3 is 2.64 bits per heavy atom. The molecule has 0 saturated carbocycles. The zero-order chi connectivity index (χ0) is 17.1. The summed E-state index contributed by atoms with van der Waals surface area (Å²) in [6.45, 7) is 0. The Balaban J connectivity index is 1.53. The second-order valence-corrected chi connectivity index (χ2v) is 5.11. The fourth-order valence-electron chi connectivity index (χ4n) is 2.25. The van der Waals surface area contributed by atoms with Gasteiger partial charge in [0.05, 0.1) is 17.6 Å². The van der Waals surface area contributed by atoms with Gasteiger partial charge in [0.1, 0.15) is 6.33 Å². The van der Waals surface area contributed by atoms with Gasteiger partial charge in [-0.05, 0) is 40.8 Å². The summed E-state index contributed by atoms with van der Waals surface area (Å²) < 4.78 is 1.50. The van der Waals surface area contributed by atoms with Crippen LogP contribution in [0, 0.1) is 0 Å². The SMILES string of the molecule is O=C(Nc1cccc(-n2cnnn2)c1)c1cnn(-c2ccccc2)n1. The normalized spacial score (nSPS) is 10.6. The first-order chi connectivity index (χ1) is 12.3. The molecule has 0 fully saturated rings. The highest BCUT2D eigenvalue weighted by Gasteiger charge is 2.12. The van der Waals surface area contributed by atoms with Crippen molar-refractivity contribution >= 4 is 11.6 Å². The molecule has 1 amide bonds. The van der Waals surface area contributed by atoms with E-state index in [4.69, 9.17) is 0 Å². The van der Waals surface area contributed by atoms with Crippen molar-refractivity contribution in [3.8, 4) is 11.4 Å². The number of hydrogen-bond acceptors (Lipinski definition) is 6. The Morgan fingerprint density at radius 1 is 1.00 bits per heavy atom. The minimum absolute atomic E-state index is 0.219. The van der Waals surface area contributed by atoms with Crippen LogP contribution in [-0.2, 0) is 0 Å². The zero-order valence-corrected chi connectivity index (χ0v) is 12.9. The molecule has 0 bridgehead atoms. The number of nitrogens with zero attached hydrogens (tertiary/aromatic N) is 7. The van der Waals surface area contributed by atoms with Crippen LogP contribution in [0.1, 0.15) is 10.5 Å². The van der Waals surface area contributed by atoms with Crippen molar-refractivity contribution < 1.29 is 4.79 Å². The van der Waals surface area contributed by atoms with Gasteiger partial charge in [-0.15, -0.1) is 10.2 Å². The molecule has 9 nitrogen and oxygen atoms in total. The molecule has 1 N–H and O–H groups in total. The van der Waals surface area contributed by atoms with E-state index in [-0.39, 0.29) is 11.6 Å². The molecule has 0 aliphatic carbocycles. The van der Waals surface area contributed by atoms with Gasteiger partial charge >= 0.3 is 0 Å². The Kier molecular flexibility index (Phi) is 3.71. The molecule has 2 aromatic carbocycles. The van der Waals surface area contributed by atoms with Crippen molar-refractivity contribution in [1.82, 2.24) is 35.2 Å². The number of aromatic nitrogens is 7. The fourth-order valence-corrected chi connectivity index (χ4v) is 2.25. The molecule has 0 spiro atoms. The highest BCUT2D eigenvalue weighted by molar-refractivity contribution is 6.02. The van der Waals surface area contributed by atoms with Gasteiger partial charge in [-0.1, -0.05) is 24.3 Å². The maximum atomic E-state index is 12.4. The van der Waals surface area contributed by atoms with Crippen LogP contribution in [0.4, 0.5) is 5.69 Å². The van der Waals surface area contributed by atoms with Gasteiger partial charge in [0.15, 0.2) is 5.69 Å². The van der Waals surface area contributed by atoms with E-state index in [1.54, 1.807) is 18.2 Å². The summed E-state index contributed by atoms with van der Waals surface area (Å²) in [5, 5.41) is 22.1. The van der Waals surface area contributed by atoms with Crippen LogP contribution >= 0.6 is 0 Å². The number of benzene rings is 2. The van der Waals surface area contributed by atoms with Crippen molar-refractivity contribution in [3.63, 3.8) is 0 Å². The molecular weight excluding hydrogens is 320 g/mol. The predicted molar refractivity (Wildman–Crippen MR) is 88.5 cm³/mol. The van der Waals surface area contributed by atoms with Gasteiger partial charge in [-0.3, -0.25) is 4.79 Å². The second kappa shape index (κ2) is 6.32. The molecule has 0 radical (unpaired) electrons. The van der Waals surface area contributed by atoms with E-state index in [0.29, 0.717) is 5.69 Å². The van der Waals surface area contributed by atoms with Crippen LogP contribution in [0.25, 0.3) is 11.4 Å². The van der Waals surface area contributed by atoms with Crippen LogP contribution in [0.2, 0.25) is 0 Å². The van der Waals surface area contributed by atoms with Crippen molar-refractivity contribution in [3.05, 3.63) is 72.8 Å². The largest absolute Gasteiger partial charge is 0.320 e. The predicted octanol–water partition coefficient (Wildman–Crippen LogP) is 1.50. The Bertz CT molecular complexity index is 994. The zero-order valence-electron chi connectivity index (χ0n) is 12.9. The van der Waals surface area contributed by atoms with Crippen molar-refractivity contribution in [2.75, 3.05) is 5.32 Å². The molecule has 2 aromatic heterocycles. The lowest BCUT2D eigenvalue weighted by Gasteiger charge is -2.05. The summed E-state index contributed by atoms with van der Waals surface area (Å²) in [5.74, 6) is -0.351. The molecule has 0 atom stereocenters. The van der Waals surface area contributed by atoms with Crippen LogP contribution in [0.15, 0.2) is 67.1 Å². The van der Waals surface area contributed by atoms with Gasteiger partial charge in [-0.2, -0.15) is 9.90 Å². The summed E-state index contributed by atoms with van der Waals surface area (Å²) in [5.41, 5.74) is 2.34. The Morgan fingerprint density at radius 2 is 1.84 bits per heavy atom. The van der Waals surface area contributed by atoms with E-state index in [1.807, 2.05) is 36.4 Å². The third-order valence-electron chi connectivity index (χ3n) is 3.43. The lowest BCUT2D eigenvalue weighted by molar-refractivity contribution is 0.102. The van der Waals surface area contributed by atoms with Gasteiger partial charge < -0.3 is 5.32 Å². The number of rotatable bonds is 4. The summed E-state index contributed by atoms with van der Waals surface area (Å²) in [7, 11) is 0. The van der Waals surface area contributed by atoms with Gasteiger partial charge in [-0.25, -0.2) is 4.68 Å². The average Bonchev–Trinajstić information content (AvgIpc) is 3.35. The smallest absolute Gasteiger partial charge is 0.277 e. The lowest BCUT2D eigenvalue weighted by Crippen LogP contribution is -2.13. The van der Waals surface area contributed by atoms with Gasteiger partial charge in [0, 0.05) is 5.69 Å². The standard InChI is InChI=1S/C16H12N8O/c25-16(15-10-18-24(20-15)13-6-2-1-3-7-13)19-12-5-4-8-14(9-12)23-11-17-21-22-23/h1-11H,(H,19,25). The number of nitrogens with one attached hydrogen (secondary N) is 1. The van der Waals surface area contributed by atoms with Crippen LogP contribution in [-0.4, -0.2) is 41.1 Å². The first-order valence-electron chi connectivity index (χ1n) is 7.42. The van der Waals surface area contributed by atoms with Crippen molar-refractivity contribution in [2.24, 2.45) is 0 Å². The van der Waals surface area contributed by atoms with E-state index in [9.17, 15) is 4.79 Å². The molecule has 0 unspecified atom stereocenters. The maximum Gasteiger partial charge on any atom is 0.277 e. The summed E-state index contributed by atoms with van der Waals surface area (Å²) in [6.07, 6.45) is 2.90. The van der Waals surface area contributed by atoms with Gasteiger partial charge in [0.25, 0.3) is 5.91 Å². The molecule has 4 rings (SSSR count). The van der Waals surface area contributed by atoms with Crippen molar-refractivity contribution in [1.29, 1.82) is 0 Å². The summed E-state index contributed by atoms with van der Waals surface area (Å²) in [4.78, 5) is 13.8. The number of tetrazole rings is 1. The van der Waals surface area contributed by atoms with E-state index >= 15 is 0 Å². The number of carbonyl (C=O) groups excluding carboxylic acids is 1. The van der Waals surface area contributed by atoms with Crippen LogP contribution in [0.5, 0.6) is 0 Å². The Hall–Kier alpha value is -3.88. The third kappa shape index (κ3) is 3.11. The highest BCUT2D eigenvalue weighted by Crippen LogP contribution is 2.14.